The smallest absolute Gasteiger partial charge is 0.151 e. The van der Waals surface area contributed by atoms with E-state index in [1.54, 1.807) is 13.4 Å². The molecule has 0 atom stereocenters. The molecule has 4 rings (SSSR count). The normalized spacial score (nSPS) is 11.0. The van der Waals surface area contributed by atoms with E-state index in [2.05, 4.69) is 28.4 Å². The largest absolute Gasteiger partial charge is 0.495 e. The maximum Gasteiger partial charge on any atom is 0.151 e. The van der Waals surface area contributed by atoms with Crippen molar-refractivity contribution in [2.24, 2.45) is 0 Å². The fraction of sp³-hybridized carbons (Fsp3) is 0.0556. The van der Waals surface area contributed by atoms with Gasteiger partial charge in [-0.1, -0.05) is 30.3 Å². The van der Waals surface area contributed by atoms with Crippen LogP contribution in [-0.4, -0.2) is 17.3 Å². The molecule has 4 nitrogen and oxygen atoms in total. The molecule has 0 spiro atoms. The van der Waals surface area contributed by atoms with Gasteiger partial charge in [-0.05, 0) is 29.7 Å². The van der Waals surface area contributed by atoms with Crippen LogP contribution in [0.1, 0.15) is 0 Å². The maximum atomic E-state index is 5.64. The van der Waals surface area contributed by atoms with Gasteiger partial charge in [-0.25, -0.2) is 0 Å². The van der Waals surface area contributed by atoms with E-state index in [1.165, 1.54) is 0 Å². The van der Waals surface area contributed by atoms with Gasteiger partial charge in [0.25, 0.3) is 0 Å². The summed E-state index contributed by atoms with van der Waals surface area (Å²) < 4.78 is 11.0. The Labute approximate surface area is 127 Å². The standard InChI is InChI=1S/C18H14N2O2/c1-21-18-13-6-3-2-5-12(13)8-9-14(18)15-11-16(20-19-15)17-7-4-10-22-17/h2-11H,1H3,(H,19,20). The number of ether oxygens (including phenoxy) is 1. The second kappa shape index (κ2) is 5.07. The Morgan fingerprint density at radius 2 is 1.95 bits per heavy atom. The number of rotatable bonds is 3. The van der Waals surface area contributed by atoms with Crippen molar-refractivity contribution in [2.75, 3.05) is 7.11 Å². The molecule has 0 aliphatic heterocycles. The van der Waals surface area contributed by atoms with Gasteiger partial charge in [0, 0.05) is 10.9 Å². The van der Waals surface area contributed by atoms with Crippen LogP contribution in [0, 0.1) is 0 Å². The van der Waals surface area contributed by atoms with Gasteiger partial charge >= 0.3 is 0 Å². The van der Waals surface area contributed by atoms with Gasteiger partial charge in [0.2, 0.25) is 0 Å². The minimum atomic E-state index is 0.763. The van der Waals surface area contributed by atoms with E-state index in [4.69, 9.17) is 9.15 Å². The van der Waals surface area contributed by atoms with Crippen molar-refractivity contribution in [1.29, 1.82) is 0 Å². The number of aromatic nitrogens is 2. The first-order chi connectivity index (χ1) is 10.9. The molecule has 0 saturated heterocycles. The molecule has 4 heteroatoms. The Hall–Kier alpha value is -3.01. The number of H-pyrrole nitrogens is 1. The van der Waals surface area contributed by atoms with Gasteiger partial charge in [0.1, 0.15) is 11.4 Å². The summed E-state index contributed by atoms with van der Waals surface area (Å²) in [7, 11) is 1.69. The van der Waals surface area contributed by atoms with E-state index >= 15 is 0 Å². The second-order valence-corrected chi connectivity index (χ2v) is 5.01. The quantitative estimate of drug-likeness (QED) is 0.604. The average molecular weight is 290 g/mol. The zero-order valence-corrected chi connectivity index (χ0v) is 12.0. The highest BCUT2D eigenvalue weighted by Crippen LogP contribution is 2.36. The summed E-state index contributed by atoms with van der Waals surface area (Å²) >= 11 is 0. The van der Waals surface area contributed by atoms with Crippen LogP contribution in [0.15, 0.2) is 65.3 Å². The molecule has 4 aromatic rings. The van der Waals surface area contributed by atoms with Gasteiger partial charge in [-0.15, -0.1) is 0 Å². The molecule has 2 aromatic heterocycles. The van der Waals surface area contributed by atoms with Crippen molar-refractivity contribution >= 4 is 10.8 Å². The number of hydrogen-bond donors (Lipinski definition) is 1. The molecule has 0 amide bonds. The molecule has 0 unspecified atom stereocenters. The summed E-state index contributed by atoms with van der Waals surface area (Å²) in [4.78, 5) is 0. The first kappa shape index (κ1) is 12.7. The fourth-order valence-corrected chi connectivity index (χ4v) is 2.68. The van der Waals surface area contributed by atoms with E-state index in [0.29, 0.717) is 0 Å². The molecule has 2 heterocycles. The van der Waals surface area contributed by atoms with Crippen molar-refractivity contribution in [2.45, 2.75) is 0 Å². The highest BCUT2D eigenvalue weighted by molar-refractivity contribution is 5.94. The van der Waals surface area contributed by atoms with Crippen molar-refractivity contribution in [3.8, 4) is 28.5 Å². The zero-order valence-electron chi connectivity index (χ0n) is 12.0. The predicted molar refractivity (Wildman–Crippen MR) is 85.8 cm³/mol. The third kappa shape index (κ3) is 1.97. The van der Waals surface area contributed by atoms with Crippen LogP contribution < -0.4 is 4.74 Å². The van der Waals surface area contributed by atoms with Gasteiger partial charge < -0.3 is 9.15 Å². The lowest BCUT2D eigenvalue weighted by Gasteiger charge is -2.09. The predicted octanol–water partition coefficient (Wildman–Crippen LogP) is 4.50. The van der Waals surface area contributed by atoms with Crippen LogP contribution >= 0.6 is 0 Å². The molecular formula is C18H14N2O2. The van der Waals surface area contributed by atoms with Gasteiger partial charge in [-0.2, -0.15) is 5.10 Å². The summed E-state index contributed by atoms with van der Waals surface area (Å²) in [5, 5.41) is 9.62. The Kier molecular flexibility index (Phi) is 2.93. The van der Waals surface area contributed by atoms with E-state index in [-0.39, 0.29) is 0 Å². The molecule has 0 radical (unpaired) electrons. The van der Waals surface area contributed by atoms with Crippen LogP contribution in [-0.2, 0) is 0 Å². The van der Waals surface area contributed by atoms with E-state index < -0.39 is 0 Å². The lowest BCUT2D eigenvalue weighted by molar-refractivity contribution is 0.421. The summed E-state index contributed by atoms with van der Waals surface area (Å²) in [6, 6.07) is 18.0. The third-order valence-corrected chi connectivity index (χ3v) is 3.72. The molecule has 2 aromatic carbocycles. The Balaban J connectivity index is 1.87. The first-order valence-corrected chi connectivity index (χ1v) is 7.02. The summed E-state index contributed by atoms with van der Waals surface area (Å²) in [5.74, 6) is 1.59. The average Bonchev–Trinajstić information content (AvgIpc) is 3.24. The van der Waals surface area contributed by atoms with Crippen LogP contribution in [0.25, 0.3) is 33.5 Å². The van der Waals surface area contributed by atoms with Crippen LogP contribution in [0.5, 0.6) is 5.75 Å². The monoisotopic (exact) mass is 290 g/mol. The van der Waals surface area contributed by atoms with Gasteiger partial charge in [0.15, 0.2) is 5.76 Å². The highest BCUT2D eigenvalue weighted by Gasteiger charge is 2.14. The lowest BCUT2D eigenvalue weighted by atomic mass is 10.0. The molecule has 108 valence electrons. The summed E-state index contributed by atoms with van der Waals surface area (Å²) in [5.41, 5.74) is 2.62. The van der Waals surface area contributed by atoms with Gasteiger partial charge in [-0.3, -0.25) is 5.10 Å². The van der Waals surface area contributed by atoms with E-state index in [1.807, 2.05) is 36.4 Å². The second-order valence-electron chi connectivity index (χ2n) is 5.01. The van der Waals surface area contributed by atoms with Crippen LogP contribution in [0.3, 0.4) is 0 Å². The maximum absolute atomic E-state index is 5.64. The van der Waals surface area contributed by atoms with E-state index in [9.17, 15) is 0 Å². The molecular weight excluding hydrogens is 276 g/mol. The molecule has 22 heavy (non-hydrogen) atoms. The Morgan fingerprint density at radius 1 is 1.05 bits per heavy atom. The number of hydrogen-bond acceptors (Lipinski definition) is 3. The van der Waals surface area contributed by atoms with Crippen LogP contribution in [0.4, 0.5) is 0 Å². The number of furan rings is 1. The third-order valence-electron chi connectivity index (χ3n) is 3.72. The molecule has 0 bridgehead atoms. The number of fused-ring (bicyclic) bond motifs is 1. The SMILES string of the molecule is COc1c(-c2cc(-c3ccco3)[nH]n2)ccc2ccccc12. The van der Waals surface area contributed by atoms with Crippen molar-refractivity contribution in [1.82, 2.24) is 10.2 Å². The molecule has 0 saturated carbocycles. The molecule has 0 fully saturated rings. The van der Waals surface area contributed by atoms with Crippen molar-refractivity contribution in [3.63, 3.8) is 0 Å². The number of benzene rings is 2. The highest BCUT2D eigenvalue weighted by atomic mass is 16.5. The topological polar surface area (TPSA) is 51.0 Å². The van der Waals surface area contributed by atoms with Crippen molar-refractivity contribution < 1.29 is 9.15 Å². The van der Waals surface area contributed by atoms with E-state index in [0.717, 1.165) is 39.2 Å². The van der Waals surface area contributed by atoms with Crippen molar-refractivity contribution in [3.05, 3.63) is 60.9 Å². The summed E-state index contributed by atoms with van der Waals surface area (Å²) in [6.07, 6.45) is 1.65. The minimum Gasteiger partial charge on any atom is -0.495 e. The Morgan fingerprint density at radius 3 is 2.77 bits per heavy atom. The Bertz CT molecular complexity index is 923. The lowest BCUT2D eigenvalue weighted by Crippen LogP contribution is -1.90. The molecule has 0 aliphatic carbocycles. The molecule has 0 aliphatic rings. The molecule has 1 N–H and O–H groups in total. The number of nitrogens with one attached hydrogen (secondary N) is 1. The first-order valence-electron chi connectivity index (χ1n) is 7.02. The minimum absolute atomic E-state index is 0.763. The van der Waals surface area contributed by atoms with Crippen LogP contribution in [0.2, 0.25) is 0 Å². The number of aromatic amines is 1. The number of nitrogens with zero attached hydrogens (tertiary/aromatic N) is 1. The summed E-state index contributed by atoms with van der Waals surface area (Å²) in [6.45, 7) is 0. The fourth-order valence-electron chi connectivity index (χ4n) is 2.68. The van der Waals surface area contributed by atoms with Gasteiger partial charge in [0.05, 0.1) is 19.1 Å². The zero-order chi connectivity index (χ0) is 14.9. The number of methoxy groups -OCH3 is 1.